The van der Waals surface area contributed by atoms with E-state index in [-0.39, 0.29) is 6.42 Å². The third-order valence-corrected chi connectivity index (χ3v) is 4.07. The topological polar surface area (TPSA) is 113 Å². The van der Waals surface area contributed by atoms with Crippen molar-refractivity contribution in [1.29, 1.82) is 0 Å². The van der Waals surface area contributed by atoms with Crippen LogP contribution in [0.5, 0.6) is 0 Å². The minimum absolute atomic E-state index is 0.0284. The lowest BCUT2D eigenvalue weighted by Crippen LogP contribution is -2.53. The zero-order valence-electron chi connectivity index (χ0n) is 15.0. The predicted molar refractivity (Wildman–Crippen MR) is 95.7 cm³/mol. The Morgan fingerprint density at radius 2 is 1.88 bits per heavy atom. The number of nitro groups is 2. The molecule has 0 aromatic heterocycles. The number of rotatable bonds is 11. The van der Waals surface area contributed by atoms with E-state index in [9.17, 15) is 25.0 Å². The summed E-state index contributed by atoms with van der Waals surface area (Å²) in [6, 6.07) is 7.70. The molecule has 8 nitrogen and oxygen atoms in total. The lowest BCUT2D eigenvalue weighted by atomic mass is 10.00. The number of esters is 1. The van der Waals surface area contributed by atoms with Crippen LogP contribution < -0.4 is 0 Å². The molecule has 0 heterocycles. The van der Waals surface area contributed by atoms with Gasteiger partial charge in [0.25, 0.3) is 0 Å². The number of unbranched alkanes of at least 4 members (excludes halogenated alkanes) is 2. The highest BCUT2D eigenvalue weighted by Crippen LogP contribution is 2.24. The quantitative estimate of drug-likeness (QED) is 0.148. The Balaban J connectivity index is 2.81. The number of nitrogens with zero attached hydrogens (tertiary/aromatic N) is 2. The van der Waals surface area contributed by atoms with Gasteiger partial charge in [0.1, 0.15) is 0 Å². The van der Waals surface area contributed by atoms with E-state index in [1.165, 1.54) is 6.08 Å². The van der Waals surface area contributed by atoms with Crippen LogP contribution in [0.1, 0.15) is 45.1 Å². The molecule has 0 N–H and O–H groups in total. The van der Waals surface area contributed by atoms with Crippen LogP contribution in [0.2, 0.25) is 0 Å². The van der Waals surface area contributed by atoms with E-state index in [0.29, 0.717) is 19.3 Å². The largest absolute Gasteiger partial charge is 0.429 e. The highest BCUT2D eigenvalue weighted by molar-refractivity contribution is 5.82. The number of ether oxygens (including phenoxy) is 1. The van der Waals surface area contributed by atoms with E-state index >= 15 is 0 Å². The number of allylic oxidation sites excluding steroid dienone is 1. The number of carbonyl (C=O) groups excluding carboxylic acids is 1. The summed E-state index contributed by atoms with van der Waals surface area (Å²) in [4.78, 5) is 33.1. The second-order valence-corrected chi connectivity index (χ2v) is 6.12. The van der Waals surface area contributed by atoms with E-state index in [2.05, 4.69) is 0 Å². The average molecular weight is 364 g/mol. The van der Waals surface area contributed by atoms with Crippen molar-refractivity contribution < 1.29 is 19.4 Å². The lowest BCUT2D eigenvalue weighted by Gasteiger charge is -2.23. The molecular formula is C18H24N2O6. The van der Waals surface area contributed by atoms with Gasteiger partial charge in [0.2, 0.25) is 0 Å². The molecule has 0 amide bonds. The van der Waals surface area contributed by atoms with Gasteiger partial charge >= 0.3 is 17.7 Å². The molecule has 1 aromatic rings. The zero-order chi connectivity index (χ0) is 19.6. The Morgan fingerprint density at radius 3 is 2.42 bits per heavy atom. The first kappa shape index (κ1) is 21.3. The van der Waals surface area contributed by atoms with Gasteiger partial charge in [-0.25, -0.2) is 4.79 Å². The SMILES string of the molecule is CCCCCC([N+](=O)[O-])C(C)(OC(=O)C=CCc1ccccc1)[N+](=O)[O-]. The van der Waals surface area contributed by atoms with Crippen molar-refractivity contribution in [1.82, 2.24) is 0 Å². The van der Waals surface area contributed by atoms with Gasteiger partial charge in [-0.05, 0) is 18.4 Å². The van der Waals surface area contributed by atoms with Gasteiger partial charge in [0, 0.05) is 17.4 Å². The Kier molecular flexibility index (Phi) is 8.41. The fourth-order valence-corrected chi connectivity index (χ4v) is 2.53. The molecule has 0 fully saturated rings. The summed E-state index contributed by atoms with van der Waals surface area (Å²) in [7, 11) is 0. The van der Waals surface area contributed by atoms with E-state index in [0.717, 1.165) is 25.0 Å². The normalized spacial score (nSPS) is 14.5. The fraction of sp³-hybridized carbons (Fsp3) is 0.500. The summed E-state index contributed by atoms with van der Waals surface area (Å²) < 4.78 is 4.93. The minimum Gasteiger partial charge on any atom is -0.387 e. The number of hydrogen-bond acceptors (Lipinski definition) is 6. The second-order valence-electron chi connectivity index (χ2n) is 6.12. The van der Waals surface area contributed by atoms with Gasteiger partial charge in [-0.2, -0.15) is 0 Å². The predicted octanol–water partition coefficient (Wildman–Crippen LogP) is 3.55. The number of benzene rings is 1. The Hall–Kier alpha value is -2.77. The van der Waals surface area contributed by atoms with Gasteiger partial charge in [0.05, 0.1) is 11.8 Å². The molecule has 0 aliphatic heterocycles. The lowest BCUT2D eigenvalue weighted by molar-refractivity contribution is -0.689. The van der Waals surface area contributed by atoms with Crippen molar-refractivity contribution in [3.05, 3.63) is 68.3 Å². The first-order chi connectivity index (χ1) is 12.3. The Morgan fingerprint density at radius 1 is 1.23 bits per heavy atom. The summed E-state index contributed by atoms with van der Waals surface area (Å²) in [5, 5.41) is 22.7. The summed E-state index contributed by atoms with van der Waals surface area (Å²) in [5.74, 6) is -0.970. The smallest absolute Gasteiger partial charge is 0.387 e. The zero-order valence-corrected chi connectivity index (χ0v) is 15.0. The van der Waals surface area contributed by atoms with Crippen molar-refractivity contribution in [2.45, 2.75) is 57.7 Å². The highest BCUT2D eigenvalue weighted by Gasteiger charge is 2.57. The maximum atomic E-state index is 12.0. The van der Waals surface area contributed by atoms with Crippen molar-refractivity contribution >= 4 is 5.97 Å². The van der Waals surface area contributed by atoms with Gasteiger partial charge in [0.15, 0.2) is 0 Å². The molecule has 142 valence electrons. The van der Waals surface area contributed by atoms with Crippen LogP contribution in [0.15, 0.2) is 42.5 Å². The molecule has 0 saturated heterocycles. The van der Waals surface area contributed by atoms with Crippen molar-refractivity contribution in [2.75, 3.05) is 0 Å². The molecule has 0 spiro atoms. The summed E-state index contributed by atoms with van der Waals surface area (Å²) in [5.41, 5.74) is -1.46. The third kappa shape index (κ3) is 6.27. The molecule has 2 unspecified atom stereocenters. The summed E-state index contributed by atoms with van der Waals surface area (Å²) in [6.45, 7) is 2.90. The van der Waals surface area contributed by atoms with Crippen LogP contribution in [-0.2, 0) is 16.0 Å². The maximum Gasteiger partial charge on any atom is 0.429 e. The molecule has 1 aromatic carbocycles. The molecule has 0 aliphatic rings. The Labute approximate surface area is 152 Å². The summed E-state index contributed by atoms with van der Waals surface area (Å²) in [6.07, 6.45) is 4.98. The molecular weight excluding hydrogens is 340 g/mol. The molecule has 0 bridgehead atoms. The van der Waals surface area contributed by atoms with Crippen LogP contribution in [0, 0.1) is 20.2 Å². The van der Waals surface area contributed by atoms with Gasteiger partial charge < -0.3 is 4.74 Å². The molecule has 8 heteroatoms. The maximum absolute atomic E-state index is 12.0. The van der Waals surface area contributed by atoms with Crippen molar-refractivity contribution in [3.63, 3.8) is 0 Å². The van der Waals surface area contributed by atoms with E-state index in [1.54, 1.807) is 0 Å². The van der Waals surface area contributed by atoms with Crippen molar-refractivity contribution in [2.24, 2.45) is 0 Å². The molecule has 0 radical (unpaired) electrons. The van der Waals surface area contributed by atoms with Crippen LogP contribution >= 0.6 is 0 Å². The second kappa shape index (κ2) is 10.3. The standard InChI is InChI=1S/C18H24N2O6/c1-3-4-6-13-16(19(22)23)18(2,20(24)25)26-17(21)14-9-12-15-10-7-5-8-11-15/h5,7-11,14,16H,3-4,6,12-13H2,1-2H3. The summed E-state index contributed by atoms with van der Waals surface area (Å²) >= 11 is 0. The van der Waals surface area contributed by atoms with Crippen LogP contribution in [0.25, 0.3) is 0 Å². The van der Waals surface area contributed by atoms with Gasteiger partial charge in [-0.3, -0.25) is 20.2 Å². The number of hydrogen-bond donors (Lipinski definition) is 0. The molecule has 0 saturated carbocycles. The van der Waals surface area contributed by atoms with Gasteiger partial charge in [-0.15, -0.1) is 0 Å². The Bertz CT molecular complexity index is 646. The van der Waals surface area contributed by atoms with E-state index in [4.69, 9.17) is 4.74 Å². The minimum atomic E-state index is -2.41. The first-order valence-corrected chi connectivity index (χ1v) is 8.52. The monoisotopic (exact) mass is 364 g/mol. The third-order valence-electron chi connectivity index (χ3n) is 4.07. The molecule has 26 heavy (non-hydrogen) atoms. The molecule has 0 aliphatic carbocycles. The van der Waals surface area contributed by atoms with Crippen LogP contribution in [0.3, 0.4) is 0 Å². The van der Waals surface area contributed by atoms with Gasteiger partial charge in [-0.1, -0.05) is 56.2 Å². The van der Waals surface area contributed by atoms with Crippen LogP contribution in [0.4, 0.5) is 0 Å². The van der Waals surface area contributed by atoms with E-state index < -0.39 is 27.6 Å². The highest BCUT2D eigenvalue weighted by atomic mass is 16.7. The number of carbonyl (C=O) groups is 1. The van der Waals surface area contributed by atoms with E-state index in [1.807, 2.05) is 37.3 Å². The van der Waals surface area contributed by atoms with Crippen molar-refractivity contribution in [3.8, 4) is 0 Å². The van der Waals surface area contributed by atoms with Crippen LogP contribution in [-0.4, -0.2) is 27.6 Å². The first-order valence-electron chi connectivity index (χ1n) is 8.52. The average Bonchev–Trinajstić information content (AvgIpc) is 2.59. The molecule has 1 rings (SSSR count). The fourth-order valence-electron chi connectivity index (χ4n) is 2.53. The molecule has 2 atom stereocenters.